The molecule has 0 fully saturated rings. The van der Waals surface area contributed by atoms with Crippen molar-refractivity contribution in [3.8, 4) is 0 Å². The largest absolute Gasteiger partial charge is 0.289 e. The molecule has 0 saturated heterocycles. The summed E-state index contributed by atoms with van der Waals surface area (Å²) in [7, 11) is 0. The molecule has 28 heavy (non-hydrogen) atoms. The molecule has 2 nitrogen and oxygen atoms in total. The normalized spacial score (nSPS) is 13.9. The van der Waals surface area contributed by atoms with Crippen molar-refractivity contribution >= 4 is 40.3 Å². The van der Waals surface area contributed by atoms with Crippen LogP contribution in [0.2, 0.25) is 0 Å². The summed E-state index contributed by atoms with van der Waals surface area (Å²) in [6.07, 6.45) is 3.04. The Morgan fingerprint density at radius 1 is 0.786 bits per heavy atom. The molecule has 0 spiro atoms. The molecule has 4 heteroatoms. The number of carbonyl (C=O) groups excluding carboxylic acids is 2. The summed E-state index contributed by atoms with van der Waals surface area (Å²) in [6, 6.07) is 11.7. The maximum absolute atomic E-state index is 13.6. The number of halogens is 2. The van der Waals surface area contributed by atoms with E-state index in [2.05, 4.69) is 0 Å². The van der Waals surface area contributed by atoms with Crippen LogP contribution in [0.3, 0.4) is 0 Å². The Kier molecular flexibility index (Phi) is 5.74. The van der Waals surface area contributed by atoms with Gasteiger partial charge in [-0.3, -0.25) is 9.59 Å². The summed E-state index contributed by atoms with van der Waals surface area (Å²) in [5.74, 6) is -0.572. The standard InChI is InChI=1S/C24H20Cl2O2/c1-13-5-6-16(4)19(10-13)22(17-11-20(25)24(28)21(26)12-17)23(27)18-8-14(2)7-15(3)9-18/h5-12H,1-4H3. The number of benzene rings is 2. The lowest BCUT2D eigenvalue weighted by molar-refractivity contribution is -0.111. The van der Waals surface area contributed by atoms with Gasteiger partial charge >= 0.3 is 0 Å². The predicted octanol–water partition coefficient (Wildman–Crippen LogP) is 6.38. The van der Waals surface area contributed by atoms with Crippen LogP contribution >= 0.6 is 23.2 Å². The van der Waals surface area contributed by atoms with E-state index in [0.717, 1.165) is 27.8 Å². The molecule has 0 heterocycles. The van der Waals surface area contributed by atoms with Gasteiger partial charge in [-0.25, -0.2) is 0 Å². The topological polar surface area (TPSA) is 34.1 Å². The molecule has 0 atom stereocenters. The van der Waals surface area contributed by atoms with Crippen molar-refractivity contribution in [3.63, 3.8) is 0 Å². The molecule has 0 aliphatic heterocycles. The SMILES string of the molecule is Cc1cc(C)cc(C(=O)C(=C2C=C(Cl)C(=O)C(Cl)=C2)c2cc(C)ccc2C)c1. The summed E-state index contributed by atoms with van der Waals surface area (Å²) in [5, 5.41) is -0.00272. The lowest BCUT2D eigenvalue weighted by Gasteiger charge is -2.17. The van der Waals surface area contributed by atoms with Gasteiger partial charge in [-0.2, -0.15) is 0 Å². The molecular formula is C24H20Cl2O2. The molecule has 0 saturated carbocycles. The van der Waals surface area contributed by atoms with E-state index in [1.54, 1.807) is 0 Å². The van der Waals surface area contributed by atoms with Gasteiger partial charge in [-0.05, 0) is 68.7 Å². The molecule has 0 aromatic heterocycles. The van der Waals surface area contributed by atoms with Crippen molar-refractivity contribution < 1.29 is 9.59 Å². The fourth-order valence-electron chi connectivity index (χ4n) is 3.37. The Bertz CT molecular complexity index is 1060. The second-order valence-corrected chi connectivity index (χ2v) is 7.98. The maximum Gasteiger partial charge on any atom is 0.215 e. The van der Waals surface area contributed by atoms with Gasteiger partial charge in [0, 0.05) is 11.1 Å². The molecular weight excluding hydrogens is 391 g/mol. The van der Waals surface area contributed by atoms with E-state index in [1.165, 1.54) is 12.2 Å². The molecule has 3 rings (SSSR count). The van der Waals surface area contributed by atoms with Crippen LogP contribution in [0.1, 0.15) is 38.2 Å². The van der Waals surface area contributed by atoms with Crippen LogP contribution in [0.15, 0.2) is 64.2 Å². The third-order valence-electron chi connectivity index (χ3n) is 4.66. The fraction of sp³-hybridized carbons (Fsp3) is 0.167. The van der Waals surface area contributed by atoms with Gasteiger partial charge in [0.15, 0.2) is 5.78 Å². The predicted molar refractivity (Wildman–Crippen MR) is 116 cm³/mol. The Balaban J connectivity index is 2.33. The maximum atomic E-state index is 13.6. The van der Waals surface area contributed by atoms with Gasteiger partial charge < -0.3 is 0 Å². The number of hydrogen-bond donors (Lipinski definition) is 0. The van der Waals surface area contributed by atoms with Crippen LogP contribution in [-0.2, 0) is 4.79 Å². The van der Waals surface area contributed by atoms with Crippen molar-refractivity contribution in [3.05, 3.63) is 97.6 Å². The van der Waals surface area contributed by atoms with Gasteiger partial charge in [0.05, 0.1) is 10.1 Å². The van der Waals surface area contributed by atoms with Crippen molar-refractivity contribution in [1.29, 1.82) is 0 Å². The van der Waals surface area contributed by atoms with Crippen LogP contribution in [0.4, 0.5) is 0 Å². The molecule has 2 aromatic carbocycles. The van der Waals surface area contributed by atoms with E-state index in [-0.39, 0.29) is 15.8 Å². The zero-order valence-corrected chi connectivity index (χ0v) is 17.7. The minimum absolute atomic E-state index is 0.00136. The van der Waals surface area contributed by atoms with E-state index in [1.807, 2.05) is 64.1 Å². The fourth-order valence-corrected chi connectivity index (χ4v) is 3.86. The third kappa shape index (κ3) is 4.04. The van der Waals surface area contributed by atoms with Gasteiger partial charge in [0.25, 0.3) is 0 Å². The number of Topliss-reactive ketones (excluding diaryl/α,β-unsaturated/α-hetero) is 2. The Labute approximate surface area is 175 Å². The molecule has 0 bridgehead atoms. The average Bonchev–Trinajstić information content (AvgIpc) is 2.61. The summed E-state index contributed by atoms with van der Waals surface area (Å²) in [6.45, 7) is 7.85. The molecule has 1 aliphatic carbocycles. The molecule has 142 valence electrons. The second-order valence-electron chi connectivity index (χ2n) is 7.17. The molecule has 0 amide bonds. The minimum atomic E-state index is -0.439. The zero-order valence-electron chi connectivity index (χ0n) is 16.2. The molecule has 0 unspecified atom stereocenters. The zero-order chi connectivity index (χ0) is 20.6. The lowest BCUT2D eigenvalue weighted by atomic mass is 9.87. The first-order chi connectivity index (χ1) is 13.2. The van der Waals surface area contributed by atoms with Crippen LogP contribution in [0.5, 0.6) is 0 Å². The quantitative estimate of drug-likeness (QED) is 0.434. The van der Waals surface area contributed by atoms with Gasteiger partial charge in [-0.15, -0.1) is 0 Å². The van der Waals surface area contributed by atoms with Crippen molar-refractivity contribution in [2.45, 2.75) is 27.7 Å². The molecule has 1 aliphatic rings. The number of hydrogen-bond acceptors (Lipinski definition) is 2. The Hall–Kier alpha value is -2.42. The average molecular weight is 411 g/mol. The van der Waals surface area contributed by atoms with E-state index in [0.29, 0.717) is 16.7 Å². The Morgan fingerprint density at radius 3 is 1.93 bits per heavy atom. The summed E-state index contributed by atoms with van der Waals surface area (Å²) < 4.78 is 0. The van der Waals surface area contributed by atoms with Crippen LogP contribution in [0.25, 0.3) is 5.57 Å². The number of aryl methyl sites for hydroxylation is 4. The summed E-state index contributed by atoms with van der Waals surface area (Å²) in [4.78, 5) is 25.6. The molecule has 0 N–H and O–H groups in total. The van der Waals surface area contributed by atoms with Crippen molar-refractivity contribution in [2.24, 2.45) is 0 Å². The molecule has 2 aromatic rings. The number of allylic oxidation sites excluding steroid dienone is 6. The van der Waals surface area contributed by atoms with Crippen LogP contribution in [0, 0.1) is 27.7 Å². The number of carbonyl (C=O) groups is 2. The first-order valence-corrected chi connectivity index (χ1v) is 9.67. The highest BCUT2D eigenvalue weighted by atomic mass is 35.5. The van der Waals surface area contributed by atoms with Crippen molar-refractivity contribution in [2.75, 3.05) is 0 Å². The highest BCUT2D eigenvalue weighted by molar-refractivity contribution is 6.55. The monoisotopic (exact) mass is 410 g/mol. The van der Waals surface area contributed by atoms with E-state index in [9.17, 15) is 9.59 Å². The summed E-state index contributed by atoms with van der Waals surface area (Å²) >= 11 is 12.2. The van der Waals surface area contributed by atoms with Gasteiger partial charge in [0.1, 0.15) is 0 Å². The first kappa shape index (κ1) is 20.3. The Morgan fingerprint density at radius 2 is 1.36 bits per heavy atom. The number of ketones is 2. The van der Waals surface area contributed by atoms with Crippen LogP contribution in [-0.4, -0.2) is 11.6 Å². The summed E-state index contributed by atoms with van der Waals surface area (Å²) in [5.41, 5.74) is 6.41. The van der Waals surface area contributed by atoms with Gasteiger partial charge in [-0.1, -0.05) is 64.2 Å². The van der Waals surface area contributed by atoms with E-state index >= 15 is 0 Å². The first-order valence-electron chi connectivity index (χ1n) is 8.91. The minimum Gasteiger partial charge on any atom is -0.289 e. The van der Waals surface area contributed by atoms with Crippen molar-refractivity contribution in [1.82, 2.24) is 0 Å². The third-order valence-corrected chi connectivity index (χ3v) is 5.22. The highest BCUT2D eigenvalue weighted by Gasteiger charge is 2.24. The lowest BCUT2D eigenvalue weighted by Crippen LogP contribution is -2.11. The van der Waals surface area contributed by atoms with Crippen LogP contribution < -0.4 is 0 Å². The highest BCUT2D eigenvalue weighted by Crippen LogP contribution is 2.33. The second kappa shape index (κ2) is 7.90. The smallest absolute Gasteiger partial charge is 0.215 e. The number of rotatable bonds is 3. The van der Waals surface area contributed by atoms with E-state index < -0.39 is 5.78 Å². The van der Waals surface area contributed by atoms with E-state index in [4.69, 9.17) is 23.2 Å². The molecule has 0 radical (unpaired) electrons. The van der Waals surface area contributed by atoms with Gasteiger partial charge in [0.2, 0.25) is 5.78 Å².